The molecule has 2 rings (SSSR count). The fourth-order valence-electron chi connectivity index (χ4n) is 1.80. The van der Waals surface area contributed by atoms with Crippen LogP contribution in [0.2, 0.25) is 0 Å². The lowest BCUT2D eigenvalue weighted by Crippen LogP contribution is -2.27. The van der Waals surface area contributed by atoms with E-state index in [0.717, 1.165) is 25.7 Å². The first-order valence-electron chi connectivity index (χ1n) is 7.08. The van der Waals surface area contributed by atoms with Gasteiger partial charge >= 0.3 is 0 Å². The molecule has 23 heavy (non-hydrogen) atoms. The second-order valence-electron chi connectivity index (χ2n) is 4.66. The van der Waals surface area contributed by atoms with Crippen LogP contribution >= 0.6 is 34.9 Å². The normalized spacial score (nSPS) is 10.6. The minimum atomic E-state index is 0.0673. The maximum absolute atomic E-state index is 12.2. The van der Waals surface area contributed by atoms with Crippen LogP contribution in [0.15, 0.2) is 32.9 Å². The fourth-order valence-corrected chi connectivity index (χ4v) is 4.66. The summed E-state index contributed by atoms with van der Waals surface area (Å²) in [5.74, 6) is 2.21. The summed E-state index contributed by atoms with van der Waals surface area (Å²) in [6.07, 6.45) is 0. The van der Waals surface area contributed by atoms with Gasteiger partial charge in [-0.2, -0.15) is 0 Å². The highest BCUT2D eigenvalue weighted by Gasteiger charge is 2.12. The van der Waals surface area contributed by atoms with Crippen molar-refractivity contribution in [3.05, 3.63) is 29.8 Å². The highest BCUT2D eigenvalue weighted by atomic mass is 32.2. The van der Waals surface area contributed by atoms with E-state index in [1.807, 2.05) is 24.3 Å². The Hall–Kier alpha value is -1.25. The van der Waals surface area contributed by atoms with Gasteiger partial charge in [-0.25, -0.2) is 0 Å². The van der Waals surface area contributed by atoms with Crippen molar-refractivity contribution >= 4 is 40.8 Å². The van der Waals surface area contributed by atoms with Gasteiger partial charge in [0.25, 0.3) is 0 Å². The zero-order chi connectivity index (χ0) is 16.7. The molecule has 0 saturated heterocycles. The van der Waals surface area contributed by atoms with E-state index >= 15 is 0 Å². The predicted octanol–water partition coefficient (Wildman–Crippen LogP) is 3.41. The third kappa shape index (κ3) is 5.71. The molecule has 8 heteroatoms. The zero-order valence-electron chi connectivity index (χ0n) is 13.3. The molecule has 0 aliphatic heterocycles. The number of thioether (sulfide) groups is 2. The van der Waals surface area contributed by atoms with Crippen LogP contribution in [0.4, 0.5) is 0 Å². The number of aromatic nitrogens is 2. The Balaban J connectivity index is 1.84. The Labute approximate surface area is 148 Å². The Morgan fingerprint density at radius 2 is 2.04 bits per heavy atom. The summed E-state index contributed by atoms with van der Waals surface area (Å²) in [4.78, 5) is 13.9. The van der Waals surface area contributed by atoms with E-state index < -0.39 is 0 Å². The lowest BCUT2D eigenvalue weighted by Gasteiger charge is -2.17. The van der Waals surface area contributed by atoms with Crippen LogP contribution < -0.4 is 4.74 Å². The van der Waals surface area contributed by atoms with Gasteiger partial charge < -0.3 is 9.64 Å². The van der Waals surface area contributed by atoms with Crippen molar-refractivity contribution in [3.8, 4) is 5.75 Å². The van der Waals surface area contributed by atoms with Crippen molar-refractivity contribution in [2.75, 3.05) is 25.7 Å². The average Bonchev–Trinajstić information content (AvgIpc) is 3.00. The molecule has 1 aromatic carbocycles. The Morgan fingerprint density at radius 3 is 2.74 bits per heavy atom. The number of benzene rings is 1. The van der Waals surface area contributed by atoms with Crippen molar-refractivity contribution < 1.29 is 9.53 Å². The minimum Gasteiger partial charge on any atom is -0.497 e. The van der Waals surface area contributed by atoms with Gasteiger partial charge in [-0.3, -0.25) is 4.79 Å². The Morgan fingerprint density at radius 1 is 1.30 bits per heavy atom. The number of carbonyl (C=O) groups is 1. The largest absolute Gasteiger partial charge is 0.497 e. The number of nitrogens with zero attached hydrogens (tertiary/aromatic N) is 3. The average molecular weight is 370 g/mol. The van der Waals surface area contributed by atoms with Crippen LogP contribution in [-0.4, -0.2) is 46.7 Å². The monoisotopic (exact) mass is 369 g/mol. The molecular formula is C15H19N3O2S3. The summed E-state index contributed by atoms with van der Waals surface area (Å²) in [5, 5.41) is 8.18. The first-order valence-corrected chi connectivity index (χ1v) is 9.87. The van der Waals surface area contributed by atoms with Gasteiger partial charge in [0.05, 0.1) is 12.9 Å². The Bertz CT molecular complexity index is 648. The molecule has 0 aliphatic rings. The summed E-state index contributed by atoms with van der Waals surface area (Å²) in [5.41, 5.74) is 1.04. The topological polar surface area (TPSA) is 55.3 Å². The maximum Gasteiger partial charge on any atom is 0.233 e. The third-order valence-electron chi connectivity index (χ3n) is 2.95. The minimum absolute atomic E-state index is 0.0673. The van der Waals surface area contributed by atoms with Gasteiger partial charge in [-0.15, -0.1) is 10.2 Å². The molecule has 0 saturated carbocycles. The smallest absolute Gasteiger partial charge is 0.233 e. The van der Waals surface area contributed by atoms with Crippen LogP contribution in [0.5, 0.6) is 5.75 Å². The van der Waals surface area contributed by atoms with Gasteiger partial charge in [0.1, 0.15) is 5.75 Å². The van der Waals surface area contributed by atoms with E-state index in [-0.39, 0.29) is 5.91 Å². The van der Waals surface area contributed by atoms with E-state index in [4.69, 9.17) is 4.74 Å². The summed E-state index contributed by atoms with van der Waals surface area (Å²) >= 11 is 4.64. The predicted molar refractivity (Wildman–Crippen MR) is 96.5 cm³/mol. The maximum atomic E-state index is 12.2. The van der Waals surface area contributed by atoms with Crippen LogP contribution in [0, 0.1) is 0 Å². The molecule has 124 valence electrons. The number of methoxy groups -OCH3 is 1. The molecule has 0 N–H and O–H groups in total. The van der Waals surface area contributed by atoms with Crippen LogP contribution in [-0.2, 0) is 11.3 Å². The van der Waals surface area contributed by atoms with Crippen molar-refractivity contribution in [3.63, 3.8) is 0 Å². The molecular weight excluding hydrogens is 350 g/mol. The number of hydrogen-bond donors (Lipinski definition) is 0. The standard InChI is InChI=1S/C15H19N3O2S3/c1-4-21-14-16-17-15(23-14)22-10-13(19)18(2)9-11-6-5-7-12(8-11)20-3/h5-8H,4,9-10H2,1-3H3. The summed E-state index contributed by atoms with van der Waals surface area (Å²) < 4.78 is 6.99. The van der Waals surface area contributed by atoms with Gasteiger partial charge in [-0.1, -0.05) is 53.9 Å². The molecule has 2 aromatic rings. The number of amides is 1. The second kappa shape index (κ2) is 9.14. The van der Waals surface area contributed by atoms with E-state index in [1.165, 1.54) is 23.1 Å². The summed E-state index contributed by atoms with van der Waals surface area (Å²) in [7, 11) is 3.44. The molecule has 0 spiro atoms. The van der Waals surface area contributed by atoms with Crippen LogP contribution in [0.3, 0.4) is 0 Å². The lowest BCUT2D eigenvalue weighted by atomic mass is 10.2. The SMILES string of the molecule is CCSc1nnc(SCC(=O)N(C)Cc2cccc(OC)c2)s1. The molecule has 0 aliphatic carbocycles. The van der Waals surface area contributed by atoms with E-state index in [1.54, 1.807) is 30.8 Å². The number of hydrogen-bond acceptors (Lipinski definition) is 7. The molecule has 1 heterocycles. The highest BCUT2D eigenvalue weighted by molar-refractivity contribution is 8.03. The first kappa shape index (κ1) is 18.1. The van der Waals surface area contributed by atoms with Gasteiger partial charge in [0.2, 0.25) is 5.91 Å². The molecule has 0 bridgehead atoms. The second-order valence-corrected chi connectivity index (χ2v) is 8.37. The molecule has 5 nitrogen and oxygen atoms in total. The van der Waals surface area contributed by atoms with E-state index in [0.29, 0.717) is 12.3 Å². The quantitative estimate of drug-likeness (QED) is 0.665. The molecule has 0 radical (unpaired) electrons. The van der Waals surface area contributed by atoms with Crippen LogP contribution in [0.25, 0.3) is 0 Å². The van der Waals surface area contributed by atoms with E-state index in [9.17, 15) is 4.79 Å². The van der Waals surface area contributed by atoms with Crippen molar-refractivity contribution in [1.82, 2.24) is 15.1 Å². The number of rotatable bonds is 8. The Kier molecular flexibility index (Phi) is 7.19. The lowest BCUT2D eigenvalue weighted by molar-refractivity contribution is -0.127. The van der Waals surface area contributed by atoms with Crippen LogP contribution in [0.1, 0.15) is 12.5 Å². The molecule has 0 fully saturated rings. The van der Waals surface area contributed by atoms with Gasteiger partial charge in [0, 0.05) is 13.6 Å². The molecule has 1 amide bonds. The zero-order valence-corrected chi connectivity index (χ0v) is 15.8. The first-order chi connectivity index (χ1) is 11.1. The van der Waals surface area contributed by atoms with Crippen molar-refractivity contribution in [2.24, 2.45) is 0 Å². The summed E-state index contributed by atoms with van der Waals surface area (Å²) in [6.45, 7) is 2.64. The number of ether oxygens (including phenoxy) is 1. The van der Waals surface area contributed by atoms with Gasteiger partial charge in [0.15, 0.2) is 8.68 Å². The summed E-state index contributed by atoms with van der Waals surface area (Å²) in [6, 6.07) is 7.74. The fraction of sp³-hybridized carbons (Fsp3) is 0.400. The highest BCUT2D eigenvalue weighted by Crippen LogP contribution is 2.28. The molecule has 1 aromatic heterocycles. The van der Waals surface area contributed by atoms with Crippen molar-refractivity contribution in [1.29, 1.82) is 0 Å². The third-order valence-corrected chi connectivity index (χ3v) is 6.01. The molecule has 0 unspecified atom stereocenters. The van der Waals surface area contributed by atoms with E-state index in [2.05, 4.69) is 17.1 Å². The number of carbonyl (C=O) groups excluding carboxylic acids is 1. The van der Waals surface area contributed by atoms with Gasteiger partial charge in [-0.05, 0) is 23.4 Å². The van der Waals surface area contributed by atoms with Crippen molar-refractivity contribution in [2.45, 2.75) is 22.1 Å². The molecule has 0 atom stereocenters.